The maximum absolute atomic E-state index is 5.95. The molecule has 3 aromatic heterocycles. The van der Waals surface area contributed by atoms with Gasteiger partial charge < -0.3 is 19.3 Å². The molecule has 0 aliphatic carbocycles. The average Bonchev–Trinajstić information content (AvgIpc) is 3.65. The fourth-order valence-electron chi connectivity index (χ4n) is 4.32. The van der Waals surface area contributed by atoms with Crippen LogP contribution in [0.3, 0.4) is 0 Å². The van der Waals surface area contributed by atoms with E-state index < -0.39 is 0 Å². The van der Waals surface area contributed by atoms with Crippen LogP contribution in [0, 0.1) is 13.8 Å². The highest BCUT2D eigenvalue weighted by Gasteiger charge is 2.12. The topological polar surface area (TPSA) is 108 Å². The molecule has 0 saturated heterocycles. The Hall–Kier alpha value is -4.83. The minimum Gasteiger partial charge on any atom is -0.485 e. The molecule has 9 nitrogen and oxygen atoms in total. The van der Waals surface area contributed by atoms with Crippen molar-refractivity contribution in [1.29, 1.82) is 0 Å². The van der Waals surface area contributed by atoms with Crippen molar-refractivity contribution >= 4 is 27.4 Å². The summed E-state index contributed by atoms with van der Waals surface area (Å²) in [6, 6.07) is 23.8. The third-order valence-corrected chi connectivity index (χ3v) is 7.24. The molecule has 1 unspecified atom stereocenters. The van der Waals surface area contributed by atoms with Crippen molar-refractivity contribution in [1.82, 2.24) is 25.1 Å². The lowest BCUT2D eigenvalue weighted by Crippen LogP contribution is -2.09. The predicted molar refractivity (Wildman–Crippen MR) is 158 cm³/mol. The zero-order chi connectivity index (χ0) is 28.2. The Bertz CT molecular complexity index is 1780. The van der Waals surface area contributed by atoms with Gasteiger partial charge in [0.25, 0.3) is 5.89 Å². The number of aryl methyl sites for hydroxylation is 2. The lowest BCUT2D eigenvalue weighted by Gasteiger charge is -2.17. The maximum Gasteiger partial charge on any atom is 0.264 e. The Balaban J connectivity index is 1.08. The molecule has 10 heteroatoms. The fourth-order valence-corrected chi connectivity index (χ4v) is 5.03. The minimum atomic E-state index is -0.0291. The van der Waals surface area contributed by atoms with Crippen molar-refractivity contribution in [2.45, 2.75) is 40.0 Å². The van der Waals surface area contributed by atoms with Gasteiger partial charge in [0.15, 0.2) is 13.2 Å². The maximum atomic E-state index is 5.95. The van der Waals surface area contributed by atoms with Crippen molar-refractivity contribution in [3.05, 3.63) is 107 Å². The summed E-state index contributed by atoms with van der Waals surface area (Å²) in [6.07, 6.45) is 0. The van der Waals surface area contributed by atoms with Crippen LogP contribution in [-0.2, 0) is 13.2 Å². The molecule has 6 rings (SSSR count). The lowest BCUT2D eigenvalue weighted by molar-refractivity contribution is 0.240. The zero-order valence-corrected chi connectivity index (χ0v) is 23.7. The van der Waals surface area contributed by atoms with E-state index in [9.17, 15) is 0 Å². The van der Waals surface area contributed by atoms with E-state index in [-0.39, 0.29) is 19.3 Å². The molecule has 0 bridgehead atoms. The Morgan fingerprint density at radius 1 is 0.878 bits per heavy atom. The fraction of sp³-hybridized carbons (Fsp3) is 0.194. The summed E-state index contributed by atoms with van der Waals surface area (Å²) >= 11 is 1.62. The molecule has 3 heterocycles. The van der Waals surface area contributed by atoms with Crippen LogP contribution in [0.15, 0.2) is 82.8 Å². The molecule has 0 aliphatic rings. The Kier molecular flexibility index (Phi) is 7.55. The number of thiazole rings is 1. The van der Waals surface area contributed by atoms with Crippen molar-refractivity contribution < 1.29 is 14.0 Å². The summed E-state index contributed by atoms with van der Waals surface area (Å²) in [5, 5.41) is 7.49. The number of nitrogens with one attached hydrogen (secondary N) is 1. The second-order valence-corrected chi connectivity index (χ2v) is 10.5. The van der Waals surface area contributed by atoms with Gasteiger partial charge >= 0.3 is 0 Å². The second kappa shape index (κ2) is 11.7. The van der Waals surface area contributed by atoms with Gasteiger partial charge in [0, 0.05) is 11.6 Å². The number of rotatable bonds is 10. The number of hydrogen-bond donors (Lipinski definition) is 1. The molecule has 0 spiro atoms. The van der Waals surface area contributed by atoms with Crippen LogP contribution in [0.4, 0.5) is 5.82 Å². The first kappa shape index (κ1) is 26.4. The Morgan fingerprint density at radius 2 is 1.73 bits per heavy atom. The van der Waals surface area contributed by atoms with Gasteiger partial charge in [-0.05, 0) is 62.7 Å². The third kappa shape index (κ3) is 6.50. The molecule has 0 radical (unpaired) electrons. The number of fused-ring (bicyclic) bond motifs is 1. The van der Waals surface area contributed by atoms with E-state index >= 15 is 0 Å². The summed E-state index contributed by atoms with van der Waals surface area (Å²) in [5.74, 6) is 3.74. The largest absolute Gasteiger partial charge is 0.485 e. The summed E-state index contributed by atoms with van der Waals surface area (Å²) in [5.41, 5.74) is 6.96. The normalized spacial score (nSPS) is 11.9. The first-order valence-electron chi connectivity index (χ1n) is 13.2. The van der Waals surface area contributed by atoms with E-state index in [1.807, 2.05) is 86.1 Å². The second-order valence-electron chi connectivity index (χ2n) is 9.65. The molecule has 206 valence electrons. The lowest BCUT2D eigenvalue weighted by atomic mass is 10.1. The van der Waals surface area contributed by atoms with E-state index in [2.05, 4.69) is 43.4 Å². The highest BCUT2D eigenvalue weighted by atomic mass is 32.1. The van der Waals surface area contributed by atoms with Crippen LogP contribution in [0.5, 0.6) is 11.5 Å². The smallest absolute Gasteiger partial charge is 0.264 e. The van der Waals surface area contributed by atoms with Crippen LogP contribution in [0.2, 0.25) is 0 Å². The summed E-state index contributed by atoms with van der Waals surface area (Å²) in [4.78, 5) is 18.0. The van der Waals surface area contributed by atoms with Gasteiger partial charge in [-0.1, -0.05) is 41.1 Å². The Morgan fingerprint density at radius 3 is 2.61 bits per heavy atom. The number of ether oxygens (including phenoxy) is 2. The summed E-state index contributed by atoms with van der Waals surface area (Å²) in [7, 11) is 0. The van der Waals surface area contributed by atoms with Gasteiger partial charge in [-0.25, -0.2) is 15.0 Å². The van der Waals surface area contributed by atoms with Gasteiger partial charge in [0.05, 0.1) is 27.5 Å². The van der Waals surface area contributed by atoms with Crippen LogP contribution >= 0.6 is 11.3 Å². The first-order chi connectivity index (χ1) is 20.0. The monoisotopic (exact) mass is 564 g/mol. The van der Waals surface area contributed by atoms with Gasteiger partial charge in [-0.2, -0.15) is 4.98 Å². The molecule has 1 N–H and O–H groups in total. The SMILES string of the molecule is Cc1ccc(OCc2noc(COc3cccc(C(C)Nc4cc(-c5ccc6ncsc6c5)nc(C)n4)c3)n2)cc1. The van der Waals surface area contributed by atoms with Gasteiger partial charge in [0.1, 0.15) is 23.1 Å². The van der Waals surface area contributed by atoms with Gasteiger partial charge in [-0.15, -0.1) is 11.3 Å². The van der Waals surface area contributed by atoms with Gasteiger partial charge in [-0.3, -0.25) is 0 Å². The molecule has 1 atom stereocenters. The summed E-state index contributed by atoms with van der Waals surface area (Å²) < 4.78 is 18.1. The van der Waals surface area contributed by atoms with Gasteiger partial charge in [0.2, 0.25) is 5.82 Å². The zero-order valence-electron chi connectivity index (χ0n) is 22.9. The molecular formula is C31H28N6O3S. The van der Waals surface area contributed by atoms with Crippen molar-refractivity contribution in [3.8, 4) is 22.8 Å². The molecule has 3 aromatic carbocycles. The van der Waals surface area contributed by atoms with Crippen molar-refractivity contribution in [3.63, 3.8) is 0 Å². The molecule has 0 fully saturated rings. The van der Waals surface area contributed by atoms with E-state index in [0.717, 1.165) is 38.6 Å². The number of hydrogen-bond acceptors (Lipinski definition) is 10. The number of anilines is 1. The van der Waals surface area contributed by atoms with Crippen LogP contribution in [-0.4, -0.2) is 25.1 Å². The number of nitrogens with zero attached hydrogens (tertiary/aromatic N) is 5. The summed E-state index contributed by atoms with van der Waals surface area (Å²) in [6.45, 7) is 6.38. The Labute approximate surface area is 241 Å². The van der Waals surface area contributed by atoms with E-state index in [1.165, 1.54) is 5.56 Å². The van der Waals surface area contributed by atoms with Crippen molar-refractivity contribution in [2.75, 3.05) is 5.32 Å². The molecule has 0 amide bonds. The minimum absolute atomic E-state index is 0.0291. The quantitative estimate of drug-likeness (QED) is 0.187. The molecule has 0 saturated carbocycles. The van der Waals surface area contributed by atoms with Crippen LogP contribution < -0.4 is 14.8 Å². The number of aromatic nitrogens is 5. The average molecular weight is 565 g/mol. The van der Waals surface area contributed by atoms with E-state index in [0.29, 0.717) is 23.3 Å². The standard InChI is InChI=1S/C31H28N6O3S/c1-19-7-10-24(11-8-19)38-16-30-36-31(40-37-30)17-39-25-6-4-5-22(13-25)20(2)33-29-15-27(34-21(3)35-29)23-9-12-26-28(14-23)41-18-32-26/h4-15,18,20H,16-17H2,1-3H3,(H,33,34,35). The van der Waals surface area contributed by atoms with E-state index in [1.54, 1.807) is 11.3 Å². The molecule has 0 aliphatic heterocycles. The molecular weight excluding hydrogens is 536 g/mol. The number of benzene rings is 3. The third-order valence-electron chi connectivity index (χ3n) is 6.45. The molecule has 41 heavy (non-hydrogen) atoms. The van der Waals surface area contributed by atoms with Crippen molar-refractivity contribution in [2.24, 2.45) is 0 Å². The van der Waals surface area contributed by atoms with Crippen LogP contribution in [0.1, 0.15) is 41.6 Å². The highest BCUT2D eigenvalue weighted by molar-refractivity contribution is 7.16. The van der Waals surface area contributed by atoms with Crippen LogP contribution in [0.25, 0.3) is 21.5 Å². The van der Waals surface area contributed by atoms with E-state index in [4.69, 9.17) is 14.0 Å². The molecule has 6 aromatic rings. The predicted octanol–water partition coefficient (Wildman–Crippen LogP) is 7.08. The highest BCUT2D eigenvalue weighted by Crippen LogP contribution is 2.28. The first-order valence-corrected chi connectivity index (χ1v) is 14.1.